The van der Waals surface area contributed by atoms with Gasteiger partial charge in [0.15, 0.2) is 0 Å². The Balaban J connectivity index is 1.49. The lowest BCUT2D eigenvalue weighted by Gasteiger charge is -2.35. The Labute approximate surface area is 152 Å². The lowest BCUT2D eigenvalue weighted by molar-refractivity contribution is -0.141. The SMILES string of the molecule is O=C(CC1COCCN1C(=O)Cc1ccccn1)NCCn1cccn1. The van der Waals surface area contributed by atoms with Crippen LogP contribution in [0.1, 0.15) is 12.1 Å². The largest absolute Gasteiger partial charge is 0.377 e. The van der Waals surface area contributed by atoms with Gasteiger partial charge in [0.2, 0.25) is 11.8 Å². The summed E-state index contributed by atoms with van der Waals surface area (Å²) in [5.41, 5.74) is 0.728. The Kier molecular flexibility index (Phi) is 6.32. The summed E-state index contributed by atoms with van der Waals surface area (Å²) in [7, 11) is 0. The number of nitrogens with one attached hydrogen (secondary N) is 1. The molecule has 138 valence electrons. The van der Waals surface area contributed by atoms with Gasteiger partial charge in [-0.05, 0) is 18.2 Å². The van der Waals surface area contributed by atoms with Gasteiger partial charge < -0.3 is 15.0 Å². The van der Waals surface area contributed by atoms with Crippen LogP contribution in [0.2, 0.25) is 0 Å². The standard InChI is InChI=1S/C18H23N5O3/c24-17(20-7-9-22-8-3-6-21-22)13-16-14-26-11-10-23(16)18(25)12-15-4-1-2-5-19-15/h1-6,8,16H,7,9-14H2,(H,20,24). The van der Waals surface area contributed by atoms with E-state index in [0.29, 0.717) is 32.8 Å². The van der Waals surface area contributed by atoms with Gasteiger partial charge >= 0.3 is 0 Å². The molecule has 1 atom stereocenters. The average Bonchev–Trinajstić information content (AvgIpc) is 3.16. The lowest BCUT2D eigenvalue weighted by Crippen LogP contribution is -2.51. The molecule has 1 fully saturated rings. The Morgan fingerprint density at radius 3 is 2.96 bits per heavy atom. The van der Waals surface area contributed by atoms with Crippen LogP contribution in [0.3, 0.4) is 0 Å². The van der Waals surface area contributed by atoms with Crippen molar-refractivity contribution in [3.8, 4) is 0 Å². The van der Waals surface area contributed by atoms with Crippen molar-refractivity contribution in [3.63, 3.8) is 0 Å². The predicted molar refractivity (Wildman–Crippen MR) is 94.1 cm³/mol. The van der Waals surface area contributed by atoms with Crippen LogP contribution in [0.4, 0.5) is 0 Å². The first-order chi connectivity index (χ1) is 12.7. The highest BCUT2D eigenvalue weighted by atomic mass is 16.5. The minimum atomic E-state index is -0.246. The van der Waals surface area contributed by atoms with E-state index in [9.17, 15) is 9.59 Å². The molecule has 2 aromatic rings. The van der Waals surface area contributed by atoms with E-state index in [0.717, 1.165) is 5.69 Å². The molecule has 8 heteroatoms. The summed E-state index contributed by atoms with van der Waals surface area (Å²) in [5.74, 6) is -0.121. The molecule has 0 aromatic carbocycles. The summed E-state index contributed by atoms with van der Waals surface area (Å²) < 4.78 is 7.23. The van der Waals surface area contributed by atoms with Crippen LogP contribution in [0.5, 0.6) is 0 Å². The number of ether oxygens (including phenoxy) is 1. The average molecular weight is 357 g/mol. The number of hydrogen-bond donors (Lipinski definition) is 1. The van der Waals surface area contributed by atoms with Crippen molar-refractivity contribution < 1.29 is 14.3 Å². The Bertz CT molecular complexity index is 705. The quantitative estimate of drug-likeness (QED) is 0.767. The molecule has 3 heterocycles. The lowest BCUT2D eigenvalue weighted by atomic mass is 10.1. The van der Waals surface area contributed by atoms with Gasteiger partial charge in [-0.25, -0.2) is 0 Å². The zero-order chi connectivity index (χ0) is 18.2. The van der Waals surface area contributed by atoms with Crippen molar-refractivity contribution in [3.05, 3.63) is 48.5 Å². The van der Waals surface area contributed by atoms with Crippen LogP contribution in [-0.4, -0.2) is 63.8 Å². The number of morpholine rings is 1. The van der Waals surface area contributed by atoms with Gasteiger partial charge in [0, 0.05) is 43.8 Å². The van der Waals surface area contributed by atoms with Crippen LogP contribution in [-0.2, 0) is 27.3 Å². The number of carbonyl (C=O) groups excluding carboxylic acids is 2. The molecule has 0 bridgehead atoms. The van der Waals surface area contributed by atoms with E-state index in [1.54, 1.807) is 22.0 Å². The summed E-state index contributed by atoms with van der Waals surface area (Å²) in [6.45, 7) is 2.47. The number of aromatic nitrogens is 3. The summed E-state index contributed by atoms with van der Waals surface area (Å²) in [6, 6.07) is 7.10. The molecule has 2 aromatic heterocycles. The fraction of sp³-hybridized carbons (Fsp3) is 0.444. The minimum Gasteiger partial charge on any atom is -0.377 e. The first kappa shape index (κ1) is 18.1. The molecule has 0 radical (unpaired) electrons. The number of amides is 2. The zero-order valence-electron chi connectivity index (χ0n) is 14.6. The van der Waals surface area contributed by atoms with Crippen LogP contribution in [0, 0.1) is 0 Å². The fourth-order valence-electron chi connectivity index (χ4n) is 2.94. The maximum absolute atomic E-state index is 12.6. The van der Waals surface area contributed by atoms with Crippen LogP contribution >= 0.6 is 0 Å². The van der Waals surface area contributed by atoms with Gasteiger partial charge in [-0.1, -0.05) is 6.07 Å². The van der Waals surface area contributed by atoms with Crippen LogP contribution < -0.4 is 5.32 Å². The number of hydrogen-bond acceptors (Lipinski definition) is 5. The first-order valence-electron chi connectivity index (χ1n) is 8.73. The molecule has 3 rings (SSSR count). The van der Waals surface area contributed by atoms with Crippen molar-refractivity contribution in [2.75, 3.05) is 26.3 Å². The summed E-state index contributed by atoms with van der Waals surface area (Å²) in [4.78, 5) is 30.8. The third kappa shape index (κ3) is 5.13. The van der Waals surface area contributed by atoms with Crippen LogP contribution in [0.25, 0.3) is 0 Å². The summed E-state index contributed by atoms with van der Waals surface area (Å²) in [6.07, 6.45) is 5.68. The number of pyridine rings is 1. The van der Waals surface area contributed by atoms with Gasteiger partial charge in [0.1, 0.15) is 0 Å². The summed E-state index contributed by atoms with van der Waals surface area (Å²) in [5, 5.41) is 6.96. The summed E-state index contributed by atoms with van der Waals surface area (Å²) >= 11 is 0. The van der Waals surface area contributed by atoms with E-state index in [-0.39, 0.29) is 30.7 Å². The third-order valence-electron chi connectivity index (χ3n) is 4.25. The molecule has 0 spiro atoms. The molecule has 1 unspecified atom stereocenters. The van der Waals surface area contributed by atoms with Gasteiger partial charge in [0.05, 0.1) is 32.2 Å². The van der Waals surface area contributed by atoms with Crippen molar-refractivity contribution in [1.29, 1.82) is 0 Å². The van der Waals surface area contributed by atoms with Crippen molar-refractivity contribution in [1.82, 2.24) is 25.0 Å². The Morgan fingerprint density at radius 2 is 2.19 bits per heavy atom. The highest BCUT2D eigenvalue weighted by Gasteiger charge is 2.29. The topological polar surface area (TPSA) is 89.4 Å². The second-order valence-corrected chi connectivity index (χ2v) is 6.14. The van der Waals surface area contributed by atoms with E-state index >= 15 is 0 Å². The number of carbonyl (C=O) groups is 2. The molecule has 26 heavy (non-hydrogen) atoms. The van der Waals surface area contributed by atoms with E-state index in [1.165, 1.54) is 0 Å². The second-order valence-electron chi connectivity index (χ2n) is 6.14. The van der Waals surface area contributed by atoms with Crippen LogP contribution in [0.15, 0.2) is 42.9 Å². The Hall–Kier alpha value is -2.74. The van der Waals surface area contributed by atoms with E-state index in [1.807, 2.05) is 30.5 Å². The molecule has 1 aliphatic heterocycles. The molecule has 1 saturated heterocycles. The molecular weight excluding hydrogens is 334 g/mol. The predicted octanol–water partition coefficient (Wildman–Crippen LogP) is 0.254. The number of rotatable bonds is 7. The van der Waals surface area contributed by atoms with Crippen molar-refractivity contribution in [2.24, 2.45) is 0 Å². The number of nitrogens with zero attached hydrogens (tertiary/aromatic N) is 4. The van der Waals surface area contributed by atoms with Gasteiger partial charge in [0.25, 0.3) is 0 Å². The maximum Gasteiger partial charge on any atom is 0.229 e. The third-order valence-corrected chi connectivity index (χ3v) is 4.25. The van der Waals surface area contributed by atoms with Gasteiger partial charge in [-0.3, -0.25) is 19.3 Å². The monoisotopic (exact) mass is 357 g/mol. The molecule has 0 aliphatic carbocycles. The van der Waals surface area contributed by atoms with E-state index in [4.69, 9.17) is 4.74 Å². The first-order valence-corrected chi connectivity index (χ1v) is 8.73. The fourth-order valence-corrected chi connectivity index (χ4v) is 2.94. The molecule has 1 N–H and O–H groups in total. The molecule has 0 saturated carbocycles. The molecule has 1 aliphatic rings. The normalized spacial score (nSPS) is 17.1. The highest BCUT2D eigenvalue weighted by Crippen LogP contribution is 2.13. The van der Waals surface area contributed by atoms with E-state index < -0.39 is 0 Å². The minimum absolute atomic E-state index is 0.0265. The van der Waals surface area contributed by atoms with Gasteiger partial charge in [-0.2, -0.15) is 5.10 Å². The zero-order valence-corrected chi connectivity index (χ0v) is 14.6. The Morgan fingerprint density at radius 1 is 1.27 bits per heavy atom. The molecule has 2 amide bonds. The van der Waals surface area contributed by atoms with E-state index in [2.05, 4.69) is 15.4 Å². The maximum atomic E-state index is 12.6. The van der Waals surface area contributed by atoms with Crippen molar-refractivity contribution in [2.45, 2.75) is 25.4 Å². The molecular formula is C18H23N5O3. The highest BCUT2D eigenvalue weighted by molar-refractivity contribution is 5.81. The smallest absolute Gasteiger partial charge is 0.229 e. The van der Waals surface area contributed by atoms with Crippen molar-refractivity contribution >= 4 is 11.8 Å². The molecule has 8 nitrogen and oxygen atoms in total. The van der Waals surface area contributed by atoms with Gasteiger partial charge in [-0.15, -0.1) is 0 Å². The second kappa shape index (κ2) is 9.10.